The smallest absolute Gasteiger partial charge is 0.242 e. The standard InChI is InChI=1S/C13H13N5OS/c1-2-19-12-10(14)11(15-7-16-12)18-13-17-8-5-3-4-6-9(8)20-13/h3-7H,2,14H2,1H3,(H,15,16,17,18). The molecule has 2 heterocycles. The van der Waals surface area contributed by atoms with E-state index in [1.54, 1.807) is 11.3 Å². The lowest BCUT2D eigenvalue weighted by Crippen LogP contribution is -2.04. The van der Waals surface area contributed by atoms with Gasteiger partial charge in [-0.05, 0) is 19.1 Å². The van der Waals surface area contributed by atoms with Crippen molar-refractivity contribution in [2.24, 2.45) is 0 Å². The second-order valence-corrected chi connectivity index (χ2v) is 5.02. The molecule has 0 bridgehead atoms. The Kier molecular flexibility index (Phi) is 3.34. The number of anilines is 3. The number of para-hydroxylation sites is 1. The number of ether oxygens (including phenoxy) is 1. The molecule has 2 aromatic heterocycles. The fraction of sp³-hybridized carbons (Fsp3) is 0.154. The number of hydrogen-bond donors (Lipinski definition) is 2. The lowest BCUT2D eigenvalue weighted by molar-refractivity contribution is 0.328. The minimum Gasteiger partial charge on any atom is -0.476 e. The number of nitrogens with zero attached hydrogens (tertiary/aromatic N) is 3. The van der Waals surface area contributed by atoms with E-state index in [2.05, 4.69) is 20.3 Å². The van der Waals surface area contributed by atoms with E-state index in [0.29, 0.717) is 24.0 Å². The van der Waals surface area contributed by atoms with E-state index in [1.807, 2.05) is 31.2 Å². The van der Waals surface area contributed by atoms with Gasteiger partial charge in [0.25, 0.3) is 0 Å². The number of nitrogens with two attached hydrogens (primary N) is 1. The molecule has 0 unspecified atom stereocenters. The summed E-state index contributed by atoms with van der Waals surface area (Å²) < 4.78 is 6.45. The van der Waals surface area contributed by atoms with Crippen LogP contribution in [0, 0.1) is 0 Å². The lowest BCUT2D eigenvalue weighted by Gasteiger charge is -2.08. The van der Waals surface area contributed by atoms with Crippen LogP contribution in [-0.4, -0.2) is 21.6 Å². The van der Waals surface area contributed by atoms with Gasteiger partial charge in [0.05, 0.1) is 16.8 Å². The highest BCUT2D eigenvalue weighted by Gasteiger charge is 2.11. The molecule has 0 amide bonds. The van der Waals surface area contributed by atoms with E-state index < -0.39 is 0 Å². The van der Waals surface area contributed by atoms with Crippen LogP contribution < -0.4 is 15.8 Å². The molecule has 0 aliphatic heterocycles. The largest absolute Gasteiger partial charge is 0.476 e. The molecule has 20 heavy (non-hydrogen) atoms. The summed E-state index contributed by atoms with van der Waals surface area (Å²) in [5.74, 6) is 0.883. The Morgan fingerprint density at radius 2 is 2.15 bits per heavy atom. The highest BCUT2D eigenvalue weighted by atomic mass is 32.1. The summed E-state index contributed by atoms with van der Waals surface area (Å²) in [5, 5.41) is 3.85. The molecule has 0 spiro atoms. The van der Waals surface area contributed by atoms with E-state index in [1.165, 1.54) is 6.33 Å². The van der Waals surface area contributed by atoms with Crippen LogP contribution in [0.15, 0.2) is 30.6 Å². The van der Waals surface area contributed by atoms with Crippen LogP contribution in [0.2, 0.25) is 0 Å². The molecule has 3 N–H and O–H groups in total. The summed E-state index contributed by atoms with van der Waals surface area (Å²) in [5.41, 5.74) is 7.30. The molecule has 0 saturated heterocycles. The van der Waals surface area contributed by atoms with Crippen molar-refractivity contribution in [1.29, 1.82) is 0 Å². The maximum absolute atomic E-state index is 5.98. The van der Waals surface area contributed by atoms with Crippen LogP contribution >= 0.6 is 11.3 Å². The molecule has 6 nitrogen and oxygen atoms in total. The van der Waals surface area contributed by atoms with Crippen molar-refractivity contribution in [2.75, 3.05) is 17.7 Å². The van der Waals surface area contributed by atoms with Gasteiger partial charge in [-0.2, -0.15) is 4.98 Å². The Morgan fingerprint density at radius 1 is 1.30 bits per heavy atom. The molecule has 3 aromatic rings. The maximum Gasteiger partial charge on any atom is 0.242 e. The van der Waals surface area contributed by atoms with Gasteiger partial charge < -0.3 is 15.8 Å². The fourth-order valence-corrected chi connectivity index (χ4v) is 2.62. The van der Waals surface area contributed by atoms with E-state index in [0.717, 1.165) is 15.3 Å². The van der Waals surface area contributed by atoms with E-state index in [9.17, 15) is 0 Å². The summed E-state index contributed by atoms with van der Waals surface area (Å²) in [6.07, 6.45) is 1.41. The van der Waals surface area contributed by atoms with Gasteiger partial charge in [0.15, 0.2) is 10.9 Å². The zero-order valence-electron chi connectivity index (χ0n) is 10.8. The third kappa shape index (κ3) is 2.35. The molecule has 3 rings (SSSR count). The zero-order valence-corrected chi connectivity index (χ0v) is 11.6. The molecule has 102 valence electrons. The normalized spacial score (nSPS) is 10.7. The topological polar surface area (TPSA) is 86.0 Å². The summed E-state index contributed by atoms with van der Waals surface area (Å²) in [7, 11) is 0. The fourth-order valence-electron chi connectivity index (χ4n) is 1.76. The van der Waals surface area contributed by atoms with Gasteiger partial charge in [-0.3, -0.25) is 0 Å². The molecule has 0 atom stereocenters. The number of aromatic nitrogens is 3. The second kappa shape index (κ2) is 5.30. The molecule has 0 aliphatic rings. The van der Waals surface area contributed by atoms with E-state index in [-0.39, 0.29) is 0 Å². The van der Waals surface area contributed by atoms with Crippen molar-refractivity contribution in [3.05, 3.63) is 30.6 Å². The first kappa shape index (κ1) is 12.6. The molecule has 0 saturated carbocycles. The monoisotopic (exact) mass is 287 g/mol. The molecule has 1 aromatic carbocycles. The summed E-state index contributed by atoms with van der Waals surface area (Å²) in [6, 6.07) is 7.92. The van der Waals surface area contributed by atoms with Crippen molar-refractivity contribution >= 4 is 38.2 Å². The predicted molar refractivity (Wildman–Crippen MR) is 80.5 cm³/mol. The number of nitrogen functional groups attached to an aromatic ring is 1. The first-order chi connectivity index (χ1) is 9.78. The zero-order chi connectivity index (χ0) is 13.9. The highest BCUT2D eigenvalue weighted by molar-refractivity contribution is 7.22. The number of rotatable bonds is 4. The van der Waals surface area contributed by atoms with Gasteiger partial charge in [0, 0.05) is 0 Å². The molecule has 0 radical (unpaired) electrons. The number of fused-ring (bicyclic) bond motifs is 1. The average Bonchev–Trinajstić information content (AvgIpc) is 2.86. The Morgan fingerprint density at radius 3 is 2.95 bits per heavy atom. The van der Waals surface area contributed by atoms with Crippen LogP contribution in [0.4, 0.5) is 16.6 Å². The Balaban J connectivity index is 1.92. The van der Waals surface area contributed by atoms with Crippen molar-refractivity contribution in [1.82, 2.24) is 15.0 Å². The van der Waals surface area contributed by atoms with Gasteiger partial charge in [0.1, 0.15) is 12.0 Å². The quantitative estimate of drug-likeness (QED) is 0.767. The minimum absolute atomic E-state index is 0.381. The van der Waals surface area contributed by atoms with Gasteiger partial charge >= 0.3 is 0 Å². The third-order valence-electron chi connectivity index (χ3n) is 2.65. The van der Waals surface area contributed by atoms with Crippen LogP contribution in [0.3, 0.4) is 0 Å². The molecule has 0 aliphatic carbocycles. The molecule has 7 heteroatoms. The number of nitrogens with one attached hydrogen (secondary N) is 1. The van der Waals surface area contributed by atoms with Gasteiger partial charge in [0.2, 0.25) is 5.88 Å². The van der Waals surface area contributed by atoms with Crippen molar-refractivity contribution in [3.8, 4) is 5.88 Å². The lowest BCUT2D eigenvalue weighted by atomic mass is 10.3. The maximum atomic E-state index is 5.98. The van der Waals surface area contributed by atoms with Crippen molar-refractivity contribution in [2.45, 2.75) is 6.92 Å². The third-order valence-corrected chi connectivity index (χ3v) is 3.60. The first-order valence-electron chi connectivity index (χ1n) is 6.14. The van der Waals surface area contributed by atoms with Crippen molar-refractivity contribution < 1.29 is 4.74 Å². The molecule has 0 fully saturated rings. The van der Waals surface area contributed by atoms with Crippen molar-refractivity contribution in [3.63, 3.8) is 0 Å². The van der Waals surface area contributed by atoms with E-state index in [4.69, 9.17) is 10.5 Å². The summed E-state index contributed by atoms with van der Waals surface area (Å²) in [6.45, 7) is 2.38. The Hall–Kier alpha value is -2.41. The average molecular weight is 287 g/mol. The minimum atomic E-state index is 0.381. The molecular weight excluding hydrogens is 274 g/mol. The highest BCUT2D eigenvalue weighted by Crippen LogP contribution is 2.31. The number of benzene rings is 1. The van der Waals surface area contributed by atoms with Crippen LogP contribution in [0.25, 0.3) is 10.2 Å². The Labute approximate surface area is 119 Å². The van der Waals surface area contributed by atoms with E-state index >= 15 is 0 Å². The SMILES string of the molecule is CCOc1ncnc(Nc2nc3ccccc3s2)c1N. The van der Waals surface area contributed by atoms with Crippen LogP contribution in [-0.2, 0) is 0 Å². The molecular formula is C13H13N5OS. The van der Waals surface area contributed by atoms with Gasteiger partial charge in [-0.15, -0.1) is 0 Å². The van der Waals surface area contributed by atoms with Gasteiger partial charge in [-0.25, -0.2) is 9.97 Å². The first-order valence-corrected chi connectivity index (χ1v) is 6.95. The number of thiazole rings is 1. The predicted octanol–water partition coefficient (Wildman–Crippen LogP) is 2.81. The number of hydrogen-bond acceptors (Lipinski definition) is 7. The second-order valence-electron chi connectivity index (χ2n) is 3.99. The van der Waals surface area contributed by atoms with Crippen LogP contribution in [0.1, 0.15) is 6.92 Å². The summed E-state index contributed by atoms with van der Waals surface area (Å²) >= 11 is 1.54. The Bertz CT molecular complexity index is 709. The summed E-state index contributed by atoms with van der Waals surface area (Å²) in [4.78, 5) is 12.6. The van der Waals surface area contributed by atoms with Crippen LogP contribution in [0.5, 0.6) is 5.88 Å². The van der Waals surface area contributed by atoms with Gasteiger partial charge in [-0.1, -0.05) is 23.5 Å².